The zero-order chi connectivity index (χ0) is 21.8. The number of aliphatic hydroxyl groups is 1. The topological polar surface area (TPSA) is 161 Å². The molecule has 0 aromatic carbocycles. The lowest BCUT2D eigenvalue weighted by Gasteiger charge is -2.32. The molecule has 0 saturated heterocycles. The average molecular weight is 448 g/mol. The zero-order valence-electron chi connectivity index (χ0n) is 16.8. The molecule has 0 aliphatic carbocycles. The number of aromatic amines is 1. The largest absolute Gasteiger partial charge is 0.780 e. The van der Waals surface area contributed by atoms with Crippen molar-refractivity contribution >= 4 is 35.6 Å². The molecule has 164 valence electrons. The molecular formula is C16H27N5O6PS-. The van der Waals surface area contributed by atoms with Crippen molar-refractivity contribution in [3.05, 3.63) is 16.7 Å². The molecule has 11 nitrogen and oxygen atoms in total. The van der Waals surface area contributed by atoms with E-state index in [1.165, 1.54) is 10.9 Å². The number of ether oxygens (including phenoxy) is 1. The quantitative estimate of drug-likeness (QED) is 0.416. The summed E-state index contributed by atoms with van der Waals surface area (Å²) in [4.78, 5) is 34.6. The fraction of sp³-hybridized carbons (Fsp3) is 0.688. The van der Waals surface area contributed by atoms with Crippen molar-refractivity contribution in [2.75, 3.05) is 18.9 Å². The van der Waals surface area contributed by atoms with Crippen LogP contribution in [0.1, 0.15) is 40.3 Å². The minimum Gasteiger partial charge on any atom is -0.780 e. The Morgan fingerprint density at radius 2 is 2.10 bits per heavy atom. The van der Waals surface area contributed by atoms with Gasteiger partial charge in [0.15, 0.2) is 17.4 Å². The van der Waals surface area contributed by atoms with E-state index in [1.807, 2.05) is 13.8 Å². The fourth-order valence-electron chi connectivity index (χ4n) is 2.72. The third kappa shape index (κ3) is 6.82. The average Bonchev–Trinajstić information content (AvgIpc) is 2.99. The number of nitrogens with zero attached hydrogens (tertiary/aromatic N) is 3. The summed E-state index contributed by atoms with van der Waals surface area (Å²) in [6, 6.07) is 0. The highest BCUT2D eigenvalue weighted by Crippen LogP contribution is 2.40. The Kier molecular flexibility index (Phi) is 8.29. The number of rotatable bonds is 11. The third-order valence-corrected chi connectivity index (χ3v) is 5.48. The van der Waals surface area contributed by atoms with Crippen LogP contribution in [0.4, 0.5) is 5.95 Å². The van der Waals surface area contributed by atoms with E-state index in [4.69, 9.17) is 31.3 Å². The van der Waals surface area contributed by atoms with Crippen LogP contribution in [0.3, 0.4) is 0 Å². The van der Waals surface area contributed by atoms with Gasteiger partial charge in [-0.3, -0.25) is 14.3 Å². The number of nitrogens with one attached hydrogen (secondary N) is 1. The van der Waals surface area contributed by atoms with Crippen LogP contribution in [0.2, 0.25) is 0 Å². The van der Waals surface area contributed by atoms with E-state index in [0.717, 1.165) is 0 Å². The number of hydrogen-bond acceptors (Lipinski definition) is 10. The van der Waals surface area contributed by atoms with Crippen molar-refractivity contribution in [3.63, 3.8) is 0 Å². The minimum absolute atomic E-state index is 0.0679. The number of imidazole rings is 1. The van der Waals surface area contributed by atoms with Crippen LogP contribution in [0, 0.1) is 5.92 Å². The monoisotopic (exact) mass is 448 g/mol. The van der Waals surface area contributed by atoms with Gasteiger partial charge in [-0.05, 0) is 26.2 Å². The van der Waals surface area contributed by atoms with Crippen molar-refractivity contribution in [1.82, 2.24) is 19.5 Å². The zero-order valence-corrected chi connectivity index (χ0v) is 18.5. The molecule has 0 aliphatic rings. The first-order chi connectivity index (χ1) is 13.5. The summed E-state index contributed by atoms with van der Waals surface area (Å²) >= 11 is 4.89. The van der Waals surface area contributed by atoms with E-state index in [1.54, 1.807) is 13.8 Å². The maximum Gasteiger partial charge on any atom is 0.280 e. The number of H-pyrrole nitrogens is 1. The molecule has 29 heavy (non-hydrogen) atoms. The number of anilines is 1. The number of aliphatic hydroxyl groups excluding tert-OH is 1. The molecule has 0 amide bonds. The fourth-order valence-corrected chi connectivity index (χ4v) is 4.35. The lowest BCUT2D eigenvalue weighted by Crippen LogP contribution is -2.29. The number of nitrogens with two attached hydrogens (primary N) is 1. The summed E-state index contributed by atoms with van der Waals surface area (Å²) in [6.45, 7) is 3.19. The van der Waals surface area contributed by atoms with Crippen molar-refractivity contribution in [3.8, 4) is 0 Å². The maximum atomic E-state index is 12.2. The Bertz CT molecular complexity index is 917. The highest BCUT2D eigenvalue weighted by molar-refractivity contribution is 8.06. The molecule has 0 radical (unpaired) electrons. The molecule has 2 aromatic rings. The SMILES string of the molecule is CC(C)C[C@H](COP([O-])(=S)OC(C)C)O[C@H](CO)n1cnc2c(=O)[nH]c(N)nc21. The second kappa shape index (κ2) is 10.1. The van der Waals surface area contributed by atoms with Crippen LogP contribution in [0.15, 0.2) is 11.1 Å². The van der Waals surface area contributed by atoms with Gasteiger partial charge in [-0.25, -0.2) is 4.98 Å². The van der Waals surface area contributed by atoms with Gasteiger partial charge < -0.3 is 29.5 Å². The molecule has 0 fully saturated rings. The van der Waals surface area contributed by atoms with E-state index < -0.39 is 31.2 Å². The van der Waals surface area contributed by atoms with Gasteiger partial charge in [0.2, 0.25) is 5.95 Å². The van der Waals surface area contributed by atoms with Gasteiger partial charge in [0.25, 0.3) is 5.56 Å². The van der Waals surface area contributed by atoms with Crippen LogP contribution < -0.4 is 16.2 Å². The van der Waals surface area contributed by atoms with E-state index in [0.29, 0.717) is 6.42 Å². The second-order valence-corrected chi connectivity index (χ2v) is 9.90. The molecule has 3 atom stereocenters. The smallest absolute Gasteiger partial charge is 0.280 e. The number of fused-ring (bicyclic) bond motifs is 1. The highest BCUT2D eigenvalue weighted by Gasteiger charge is 2.23. The Labute approximate surface area is 173 Å². The Balaban J connectivity index is 2.22. The summed E-state index contributed by atoms with van der Waals surface area (Å²) in [5, 5.41) is 9.87. The molecule has 0 saturated carbocycles. The molecule has 2 aromatic heterocycles. The normalized spacial score (nSPS) is 16.4. The summed E-state index contributed by atoms with van der Waals surface area (Å²) in [7, 11) is 0. The summed E-state index contributed by atoms with van der Waals surface area (Å²) in [6.07, 6.45) is 0.0453. The van der Waals surface area contributed by atoms with Crippen molar-refractivity contribution < 1.29 is 23.8 Å². The molecule has 4 N–H and O–H groups in total. The standard InChI is InChI=1S/C16H28N5O6PS/c1-9(2)5-11(7-25-28(24,29)27-10(3)4)26-12(6-22)21-8-18-13-14(21)19-16(17)20-15(13)23/h8-12,22H,5-7H2,1-4H3,(H,24,29)(H3,17,19,20,23)/p-1/t11-,12-,28?/m1/s1. The molecule has 0 aliphatic heterocycles. The van der Waals surface area contributed by atoms with E-state index >= 15 is 0 Å². The number of hydrogen-bond donors (Lipinski definition) is 3. The minimum atomic E-state index is -3.66. The van der Waals surface area contributed by atoms with Crippen molar-refractivity contribution in [2.45, 2.75) is 52.6 Å². The van der Waals surface area contributed by atoms with Gasteiger partial charge >= 0.3 is 0 Å². The Morgan fingerprint density at radius 3 is 2.69 bits per heavy atom. The molecule has 2 heterocycles. The molecule has 0 spiro atoms. The van der Waals surface area contributed by atoms with Gasteiger partial charge in [0, 0.05) is 0 Å². The number of nitrogen functional groups attached to an aromatic ring is 1. The van der Waals surface area contributed by atoms with Crippen molar-refractivity contribution in [1.29, 1.82) is 0 Å². The Morgan fingerprint density at radius 1 is 1.41 bits per heavy atom. The molecule has 0 bridgehead atoms. The predicted octanol–water partition coefficient (Wildman–Crippen LogP) is 0.650. The maximum absolute atomic E-state index is 12.2. The summed E-state index contributed by atoms with van der Waals surface area (Å²) in [5.41, 5.74) is 5.35. The molecule has 2 rings (SSSR count). The van der Waals surface area contributed by atoms with E-state index in [-0.39, 0.29) is 35.7 Å². The van der Waals surface area contributed by atoms with Crippen LogP contribution in [0.25, 0.3) is 11.2 Å². The molecule has 1 unspecified atom stereocenters. The van der Waals surface area contributed by atoms with Crippen LogP contribution in [0.5, 0.6) is 0 Å². The van der Waals surface area contributed by atoms with Crippen LogP contribution in [-0.2, 0) is 25.6 Å². The lowest BCUT2D eigenvalue weighted by molar-refractivity contribution is -0.213. The van der Waals surface area contributed by atoms with E-state index in [9.17, 15) is 14.8 Å². The first-order valence-electron chi connectivity index (χ1n) is 9.15. The lowest BCUT2D eigenvalue weighted by atomic mass is 10.1. The van der Waals surface area contributed by atoms with Gasteiger partial charge in [-0.2, -0.15) is 4.98 Å². The summed E-state index contributed by atoms with van der Waals surface area (Å²) < 4.78 is 17.8. The van der Waals surface area contributed by atoms with E-state index in [2.05, 4.69) is 15.0 Å². The highest BCUT2D eigenvalue weighted by atomic mass is 32.5. The van der Waals surface area contributed by atoms with Crippen molar-refractivity contribution in [2.24, 2.45) is 5.92 Å². The van der Waals surface area contributed by atoms with Gasteiger partial charge in [-0.15, -0.1) is 0 Å². The van der Waals surface area contributed by atoms with Gasteiger partial charge in [0.05, 0.1) is 31.7 Å². The first-order valence-corrected chi connectivity index (χ1v) is 11.7. The molecule has 13 heteroatoms. The van der Waals surface area contributed by atoms with Gasteiger partial charge in [-0.1, -0.05) is 25.7 Å². The Hall–Kier alpha value is -1.40. The third-order valence-electron chi connectivity index (χ3n) is 3.76. The van der Waals surface area contributed by atoms with Crippen LogP contribution in [-0.4, -0.2) is 50.0 Å². The van der Waals surface area contributed by atoms with Crippen LogP contribution >= 0.6 is 6.72 Å². The second-order valence-electron chi connectivity index (χ2n) is 7.20. The predicted molar refractivity (Wildman–Crippen MR) is 109 cm³/mol. The molecular weight excluding hydrogens is 421 g/mol. The summed E-state index contributed by atoms with van der Waals surface area (Å²) in [5.74, 6) is 0.135. The number of aromatic nitrogens is 4. The van der Waals surface area contributed by atoms with Gasteiger partial charge in [0.1, 0.15) is 6.72 Å². The first kappa shape index (κ1) is 23.9.